The van der Waals surface area contributed by atoms with E-state index in [-0.39, 0.29) is 17.3 Å². The minimum atomic E-state index is -3.90. The summed E-state index contributed by atoms with van der Waals surface area (Å²) in [6.07, 6.45) is 5.74. The molecule has 2 aromatic heterocycles. The van der Waals surface area contributed by atoms with Crippen LogP contribution in [-0.4, -0.2) is 35.3 Å². The van der Waals surface area contributed by atoms with E-state index in [9.17, 15) is 12.8 Å². The number of aromatic nitrogens is 3. The lowest BCUT2D eigenvalue weighted by Crippen LogP contribution is -2.29. The highest BCUT2D eigenvalue weighted by Gasteiger charge is 2.23. The molecule has 0 radical (unpaired) electrons. The quantitative estimate of drug-likeness (QED) is 0.352. The highest BCUT2D eigenvalue weighted by molar-refractivity contribution is 7.90. The fourth-order valence-electron chi connectivity index (χ4n) is 4.77. The number of rotatable bonds is 4. The van der Waals surface area contributed by atoms with E-state index >= 15 is 0 Å². The van der Waals surface area contributed by atoms with Crippen LogP contribution in [0.25, 0.3) is 32.9 Å². The highest BCUT2D eigenvalue weighted by Crippen LogP contribution is 2.35. The first-order chi connectivity index (χ1) is 16.5. The lowest BCUT2D eigenvalue weighted by molar-refractivity contribution is 0.345. The van der Waals surface area contributed by atoms with Gasteiger partial charge in [-0.2, -0.15) is 5.10 Å². The third-order valence-electron chi connectivity index (χ3n) is 6.55. The standard InChI is InChI=1S/C26H23FN4O2S.ClH/c27-20-8-9-23-24(17-31(26(23)15-20)34(32,33)22-4-2-1-3-5-22)18-6-7-19-16-30(29-25(19)14-18)21-10-12-28-13-11-21;/h1-9,14-17,21,28H,10-13H2;1H. The molecule has 0 aliphatic carbocycles. The second kappa shape index (κ2) is 9.11. The number of benzene rings is 3. The van der Waals surface area contributed by atoms with Crippen molar-refractivity contribution in [3.8, 4) is 11.1 Å². The fourth-order valence-corrected chi connectivity index (χ4v) is 6.15. The summed E-state index contributed by atoms with van der Waals surface area (Å²) in [7, 11) is -3.90. The van der Waals surface area contributed by atoms with E-state index in [0.29, 0.717) is 22.5 Å². The van der Waals surface area contributed by atoms with Gasteiger partial charge in [-0.1, -0.05) is 30.3 Å². The zero-order valence-electron chi connectivity index (χ0n) is 18.8. The van der Waals surface area contributed by atoms with Crippen molar-refractivity contribution in [3.05, 3.63) is 84.9 Å². The molecule has 1 saturated heterocycles. The van der Waals surface area contributed by atoms with Gasteiger partial charge in [0.05, 0.1) is 22.0 Å². The van der Waals surface area contributed by atoms with Crippen molar-refractivity contribution in [2.75, 3.05) is 13.1 Å². The van der Waals surface area contributed by atoms with Crippen LogP contribution in [0.3, 0.4) is 0 Å². The normalized spacial score (nSPS) is 14.9. The number of hydrogen-bond acceptors (Lipinski definition) is 4. The van der Waals surface area contributed by atoms with Crippen molar-refractivity contribution in [1.29, 1.82) is 0 Å². The van der Waals surface area contributed by atoms with Crippen molar-refractivity contribution in [3.63, 3.8) is 0 Å². The fraction of sp³-hybridized carbons (Fsp3) is 0.192. The molecule has 3 heterocycles. The van der Waals surface area contributed by atoms with Crippen LogP contribution in [0, 0.1) is 5.82 Å². The molecular formula is C26H24ClFN4O2S. The third kappa shape index (κ3) is 4.11. The van der Waals surface area contributed by atoms with Crippen LogP contribution in [0.4, 0.5) is 4.39 Å². The Bertz CT molecular complexity index is 1620. The summed E-state index contributed by atoms with van der Waals surface area (Å²) < 4.78 is 44.2. The molecule has 0 unspecified atom stereocenters. The molecule has 0 spiro atoms. The molecule has 6 rings (SSSR count). The van der Waals surface area contributed by atoms with Crippen molar-refractivity contribution in [2.45, 2.75) is 23.8 Å². The van der Waals surface area contributed by atoms with E-state index in [0.717, 1.165) is 42.4 Å². The van der Waals surface area contributed by atoms with Crippen molar-refractivity contribution in [2.24, 2.45) is 0 Å². The summed E-state index contributed by atoms with van der Waals surface area (Å²) in [5.41, 5.74) is 2.71. The van der Waals surface area contributed by atoms with Gasteiger partial charge in [-0.25, -0.2) is 16.8 Å². The molecule has 1 N–H and O–H groups in total. The first kappa shape index (κ1) is 23.5. The Morgan fingerprint density at radius 3 is 2.49 bits per heavy atom. The van der Waals surface area contributed by atoms with Gasteiger partial charge in [0.25, 0.3) is 10.0 Å². The van der Waals surface area contributed by atoms with Gasteiger partial charge in [0.1, 0.15) is 5.82 Å². The summed E-state index contributed by atoms with van der Waals surface area (Å²) >= 11 is 0. The third-order valence-corrected chi connectivity index (χ3v) is 8.24. The largest absolute Gasteiger partial charge is 0.317 e. The summed E-state index contributed by atoms with van der Waals surface area (Å²) in [5.74, 6) is -0.488. The lowest BCUT2D eigenvalue weighted by atomic mass is 10.0. The van der Waals surface area contributed by atoms with Gasteiger partial charge in [0, 0.05) is 28.7 Å². The first-order valence-corrected chi connectivity index (χ1v) is 12.8. The number of piperidine rings is 1. The van der Waals surface area contributed by atoms with Gasteiger partial charge in [-0.3, -0.25) is 4.68 Å². The summed E-state index contributed by atoms with van der Waals surface area (Å²) in [6, 6.07) is 18.8. The maximum Gasteiger partial charge on any atom is 0.268 e. The van der Waals surface area contributed by atoms with Crippen LogP contribution in [0.1, 0.15) is 18.9 Å². The summed E-state index contributed by atoms with van der Waals surface area (Å²) in [4.78, 5) is 0.152. The number of fused-ring (bicyclic) bond motifs is 2. The SMILES string of the molecule is Cl.O=S(=O)(c1ccccc1)n1cc(-c2ccc3cn(C4CCNCC4)nc3c2)c2ccc(F)cc21. The Balaban J connectivity index is 0.00000253. The number of halogens is 2. The predicted molar refractivity (Wildman–Crippen MR) is 138 cm³/mol. The maximum atomic E-state index is 14.2. The Labute approximate surface area is 208 Å². The maximum absolute atomic E-state index is 14.2. The number of nitrogens with one attached hydrogen (secondary N) is 1. The molecule has 3 aromatic carbocycles. The van der Waals surface area contributed by atoms with E-state index < -0.39 is 15.8 Å². The summed E-state index contributed by atoms with van der Waals surface area (Å²) in [5, 5.41) is 9.90. The van der Waals surface area contributed by atoms with Crippen molar-refractivity contribution >= 4 is 44.2 Å². The molecule has 6 nitrogen and oxygen atoms in total. The Morgan fingerprint density at radius 1 is 0.943 bits per heavy atom. The van der Waals surface area contributed by atoms with Gasteiger partial charge in [-0.05, 0) is 67.9 Å². The lowest BCUT2D eigenvalue weighted by Gasteiger charge is -2.22. The molecule has 5 aromatic rings. The Hall–Kier alpha value is -3.20. The second-order valence-electron chi connectivity index (χ2n) is 8.68. The zero-order chi connectivity index (χ0) is 23.3. The number of hydrogen-bond donors (Lipinski definition) is 1. The molecule has 0 atom stereocenters. The van der Waals surface area contributed by atoms with Crippen LogP contribution >= 0.6 is 12.4 Å². The minimum Gasteiger partial charge on any atom is -0.317 e. The van der Waals surface area contributed by atoms with E-state index in [1.54, 1.807) is 42.6 Å². The van der Waals surface area contributed by atoms with Crippen molar-refractivity contribution in [1.82, 2.24) is 19.1 Å². The smallest absolute Gasteiger partial charge is 0.268 e. The Morgan fingerprint density at radius 2 is 1.71 bits per heavy atom. The minimum absolute atomic E-state index is 0. The van der Waals surface area contributed by atoms with E-state index in [4.69, 9.17) is 5.10 Å². The topological polar surface area (TPSA) is 68.9 Å². The van der Waals surface area contributed by atoms with Crippen LogP contribution < -0.4 is 5.32 Å². The zero-order valence-corrected chi connectivity index (χ0v) is 20.4. The summed E-state index contributed by atoms with van der Waals surface area (Å²) in [6.45, 7) is 1.97. The van der Waals surface area contributed by atoms with Crippen LogP contribution in [0.15, 0.2) is 84.0 Å². The van der Waals surface area contributed by atoms with Crippen LogP contribution in [0.5, 0.6) is 0 Å². The van der Waals surface area contributed by atoms with Crippen molar-refractivity contribution < 1.29 is 12.8 Å². The molecular weight excluding hydrogens is 487 g/mol. The average Bonchev–Trinajstić information content (AvgIpc) is 3.46. The highest BCUT2D eigenvalue weighted by atomic mass is 35.5. The molecule has 180 valence electrons. The van der Waals surface area contributed by atoms with Crippen LogP contribution in [0.2, 0.25) is 0 Å². The molecule has 0 bridgehead atoms. The number of nitrogens with zero attached hydrogens (tertiary/aromatic N) is 3. The molecule has 9 heteroatoms. The molecule has 0 saturated carbocycles. The molecule has 1 aliphatic heterocycles. The second-order valence-corrected chi connectivity index (χ2v) is 10.5. The monoisotopic (exact) mass is 510 g/mol. The van der Waals surface area contributed by atoms with Gasteiger partial charge in [0.2, 0.25) is 0 Å². The molecule has 1 aliphatic rings. The van der Waals surface area contributed by atoms with Gasteiger partial charge < -0.3 is 5.32 Å². The van der Waals surface area contributed by atoms with E-state index in [1.165, 1.54) is 16.1 Å². The van der Waals surface area contributed by atoms with Gasteiger partial charge in [0.15, 0.2) is 0 Å². The average molecular weight is 511 g/mol. The molecule has 0 amide bonds. The van der Waals surface area contributed by atoms with Gasteiger partial charge >= 0.3 is 0 Å². The van der Waals surface area contributed by atoms with Gasteiger partial charge in [-0.15, -0.1) is 12.4 Å². The predicted octanol–water partition coefficient (Wildman–Crippen LogP) is 5.38. The molecule has 35 heavy (non-hydrogen) atoms. The Kier molecular flexibility index (Phi) is 6.13. The van der Waals surface area contributed by atoms with E-state index in [1.807, 2.05) is 22.9 Å². The molecule has 1 fully saturated rings. The first-order valence-electron chi connectivity index (χ1n) is 11.3. The van der Waals surface area contributed by atoms with E-state index in [2.05, 4.69) is 11.5 Å². The van der Waals surface area contributed by atoms with Crippen LogP contribution in [-0.2, 0) is 10.0 Å².